The maximum Gasteiger partial charge on any atom is 0.420 e. The Kier molecular flexibility index (Phi) is 8.93. The Morgan fingerprint density at radius 1 is 1.05 bits per heavy atom. The van der Waals surface area contributed by atoms with E-state index < -0.39 is 65.8 Å². The SMILES string of the molecule is CC(C)(C)CNC(=O)c1nc(Cn2nc(-c3ccc(Cl)cc3)n(C[C@H](O)C(F)(F)F)c2=O)nn1-c1ncccc1C(F)(F)F. The summed E-state index contributed by atoms with van der Waals surface area (Å²) in [6.45, 7) is 3.64. The van der Waals surface area contributed by atoms with Gasteiger partial charge in [-0.15, -0.1) is 10.2 Å². The highest BCUT2D eigenvalue weighted by Crippen LogP contribution is 2.33. The van der Waals surface area contributed by atoms with Crippen molar-refractivity contribution < 1.29 is 36.2 Å². The molecule has 0 spiro atoms. The minimum atomic E-state index is -5.06. The fourth-order valence-corrected chi connectivity index (χ4v) is 3.99. The number of nitrogens with one attached hydrogen (secondary N) is 1. The molecule has 2 N–H and O–H groups in total. The molecule has 0 aliphatic carbocycles. The number of rotatable bonds is 8. The highest BCUT2D eigenvalue weighted by atomic mass is 35.5. The van der Waals surface area contributed by atoms with Crippen molar-refractivity contribution in [3.63, 3.8) is 0 Å². The number of aliphatic hydroxyl groups is 1. The zero-order chi connectivity index (χ0) is 32.6. The van der Waals surface area contributed by atoms with Gasteiger partial charge in [0.25, 0.3) is 5.91 Å². The van der Waals surface area contributed by atoms with Gasteiger partial charge >= 0.3 is 18.0 Å². The van der Waals surface area contributed by atoms with Crippen molar-refractivity contribution >= 4 is 17.5 Å². The van der Waals surface area contributed by atoms with Crippen LogP contribution < -0.4 is 11.0 Å². The molecule has 4 aromatic rings. The van der Waals surface area contributed by atoms with E-state index in [1.807, 2.05) is 0 Å². The van der Waals surface area contributed by atoms with Gasteiger partial charge in [-0.1, -0.05) is 32.4 Å². The molecular weight excluding hydrogens is 622 g/mol. The first kappa shape index (κ1) is 32.7. The van der Waals surface area contributed by atoms with Crippen molar-refractivity contribution in [2.45, 2.75) is 52.3 Å². The monoisotopic (exact) mass is 646 g/mol. The van der Waals surface area contributed by atoms with Crippen LogP contribution in [0.1, 0.15) is 42.8 Å². The van der Waals surface area contributed by atoms with Crippen molar-refractivity contribution in [2.75, 3.05) is 6.54 Å². The van der Waals surface area contributed by atoms with E-state index in [1.165, 1.54) is 24.3 Å². The Bertz CT molecular complexity index is 1700. The van der Waals surface area contributed by atoms with Gasteiger partial charge in [0.1, 0.15) is 12.1 Å². The van der Waals surface area contributed by atoms with Gasteiger partial charge in [0.2, 0.25) is 5.82 Å². The summed E-state index contributed by atoms with van der Waals surface area (Å²) >= 11 is 5.90. The molecule has 0 unspecified atom stereocenters. The van der Waals surface area contributed by atoms with E-state index in [-0.39, 0.29) is 28.8 Å². The molecule has 18 heteroatoms. The molecule has 1 aromatic carbocycles. The molecule has 3 heterocycles. The topological polar surface area (TPSA) is 133 Å². The lowest BCUT2D eigenvalue weighted by Gasteiger charge is -2.18. The Hall–Kier alpha value is -4.25. The number of pyridine rings is 1. The summed E-state index contributed by atoms with van der Waals surface area (Å²) < 4.78 is 82.9. The quantitative estimate of drug-likeness (QED) is 0.276. The number of nitrogens with zero attached hydrogens (tertiary/aromatic N) is 7. The van der Waals surface area contributed by atoms with E-state index in [2.05, 4.69) is 25.5 Å². The maximum absolute atomic E-state index is 13.8. The van der Waals surface area contributed by atoms with Crippen LogP contribution in [0.3, 0.4) is 0 Å². The number of amides is 1. The van der Waals surface area contributed by atoms with Crippen LogP contribution in [-0.2, 0) is 19.3 Å². The van der Waals surface area contributed by atoms with Gasteiger partial charge in [0.15, 0.2) is 23.6 Å². The average molecular weight is 647 g/mol. The van der Waals surface area contributed by atoms with E-state index in [9.17, 15) is 41.0 Å². The van der Waals surface area contributed by atoms with Gasteiger partial charge in [-0.05, 0) is 41.8 Å². The summed E-state index contributed by atoms with van der Waals surface area (Å²) in [6.07, 6.45) is -11.8. The van der Waals surface area contributed by atoms with Gasteiger partial charge in [-0.2, -0.15) is 31.0 Å². The number of aliphatic hydroxyl groups excluding tert-OH is 1. The molecule has 4 rings (SSSR count). The van der Waals surface area contributed by atoms with E-state index in [4.69, 9.17) is 11.6 Å². The number of alkyl halides is 6. The average Bonchev–Trinajstić information content (AvgIpc) is 3.48. The van der Waals surface area contributed by atoms with Crippen LogP contribution >= 0.6 is 11.6 Å². The molecule has 11 nitrogen and oxygen atoms in total. The van der Waals surface area contributed by atoms with Crippen LogP contribution in [0.4, 0.5) is 26.3 Å². The van der Waals surface area contributed by atoms with Crippen molar-refractivity contribution in [3.05, 3.63) is 75.3 Å². The number of carbonyl (C=O) groups is 1. The van der Waals surface area contributed by atoms with Crippen LogP contribution in [0.25, 0.3) is 17.2 Å². The summed E-state index contributed by atoms with van der Waals surface area (Å²) in [6, 6.07) is 7.36. The van der Waals surface area contributed by atoms with Gasteiger partial charge in [0, 0.05) is 23.3 Å². The number of halogens is 7. The van der Waals surface area contributed by atoms with Crippen molar-refractivity contribution in [3.8, 4) is 17.2 Å². The number of carbonyl (C=O) groups excluding carboxylic acids is 1. The Morgan fingerprint density at radius 3 is 2.30 bits per heavy atom. The first-order valence-corrected chi connectivity index (χ1v) is 13.2. The third kappa shape index (κ3) is 7.45. The van der Waals surface area contributed by atoms with Crippen LogP contribution in [0.15, 0.2) is 47.4 Å². The molecule has 0 bridgehead atoms. The molecule has 44 heavy (non-hydrogen) atoms. The molecular formula is C26H25ClF6N8O3. The van der Waals surface area contributed by atoms with Crippen LogP contribution in [0.2, 0.25) is 5.02 Å². The minimum Gasteiger partial charge on any atom is -0.382 e. The summed E-state index contributed by atoms with van der Waals surface area (Å²) in [5, 5.41) is 20.6. The Labute approximate surface area is 250 Å². The number of aromatic nitrogens is 7. The van der Waals surface area contributed by atoms with Crippen molar-refractivity contribution in [1.29, 1.82) is 0 Å². The molecule has 0 fully saturated rings. The zero-order valence-corrected chi connectivity index (χ0v) is 24.0. The first-order chi connectivity index (χ1) is 20.3. The summed E-state index contributed by atoms with van der Waals surface area (Å²) in [5.74, 6) is -2.92. The van der Waals surface area contributed by atoms with Gasteiger partial charge in [0.05, 0.1) is 6.54 Å². The van der Waals surface area contributed by atoms with Crippen molar-refractivity contribution in [2.24, 2.45) is 5.41 Å². The van der Waals surface area contributed by atoms with Crippen LogP contribution in [-0.4, -0.2) is 63.9 Å². The smallest absolute Gasteiger partial charge is 0.382 e. The number of benzene rings is 1. The lowest BCUT2D eigenvalue weighted by Crippen LogP contribution is -2.37. The largest absolute Gasteiger partial charge is 0.420 e. The second-order valence-electron chi connectivity index (χ2n) is 10.8. The molecule has 0 saturated heterocycles. The van der Waals surface area contributed by atoms with Crippen molar-refractivity contribution in [1.82, 2.24) is 39.4 Å². The Morgan fingerprint density at radius 2 is 1.70 bits per heavy atom. The lowest BCUT2D eigenvalue weighted by molar-refractivity contribution is -0.207. The predicted molar refractivity (Wildman–Crippen MR) is 144 cm³/mol. The van der Waals surface area contributed by atoms with Crippen LogP contribution in [0, 0.1) is 5.41 Å². The van der Waals surface area contributed by atoms with E-state index in [0.29, 0.717) is 13.9 Å². The highest BCUT2D eigenvalue weighted by Gasteiger charge is 2.40. The molecule has 236 valence electrons. The van der Waals surface area contributed by atoms with E-state index in [1.54, 1.807) is 20.8 Å². The fraction of sp³-hybridized carbons (Fsp3) is 0.385. The number of hydrogen-bond donors (Lipinski definition) is 2. The minimum absolute atomic E-state index is 0.109. The first-order valence-electron chi connectivity index (χ1n) is 12.8. The number of hydrogen-bond acceptors (Lipinski definition) is 7. The second-order valence-corrected chi connectivity index (χ2v) is 11.3. The van der Waals surface area contributed by atoms with E-state index in [0.717, 1.165) is 18.3 Å². The summed E-state index contributed by atoms with van der Waals surface area (Å²) in [5.41, 5.74) is -2.59. The maximum atomic E-state index is 13.8. The van der Waals surface area contributed by atoms with Gasteiger partial charge in [-0.3, -0.25) is 9.36 Å². The molecule has 0 aliphatic rings. The Balaban J connectivity index is 1.82. The molecule has 0 aliphatic heterocycles. The molecule has 0 radical (unpaired) electrons. The molecule has 1 atom stereocenters. The standard InChI is InChI=1S/C26H25ClF6N8O3/c1-24(2,3)13-35-22(43)21-36-18(37-41(21)20-16(25(28,29)30)5-4-10-34-20)12-40-23(44)39(11-17(42)26(31,32)33)19(38-40)14-6-8-15(27)9-7-14/h4-10,17,42H,11-13H2,1-3H3,(H,35,43)/t17-/m0/s1. The molecule has 0 saturated carbocycles. The lowest BCUT2D eigenvalue weighted by atomic mass is 9.97. The second kappa shape index (κ2) is 12.0. The normalized spacial score (nSPS) is 13.2. The predicted octanol–water partition coefficient (Wildman–Crippen LogP) is 4.11. The van der Waals surface area contributed by atoms with Gasteiger partial charge in [-0.25, -0.2) is 19.4 Å². The third-order valence-corrected chi connectivity index (χ3v) is 6.23. The van der Waals surface area contributed by atoms with E-state index >= 15 is 0 Å². The summed E-state index contributed by atoms with van der Waals surface area (Å²) in [7, 11) is 0. The molecule has 1 amide bonds. The van der Waals surface area contributed by atoms with Gasteiger partial charge < -0.3 is 10.4 Å². The summed E-state index contributed by atoms with van der Waals surface area (Å²) in [4.78, 5) is 34.1. The van der Waals surface area contributed by atoms with Crippen LogP contribution in [0.5, 0.6) is 0 Å². The fourth-order valence-electron chi connectivity index (χ4n) is 3.86. The zero-order valence-electron chi connectivity index (χ0n) is 23.3. The molecule has 3 aromatic heterocycles. The third-order valence-electron chi connectivity index (χ3n) is 5.98. The highest BCUT2D eigenvalue weighted by molar-refractivity contribution is 6.30.